The number of piperidine rings is 2. The Balaban J connectivity index is 1.75. The molecule has 0 aromatic rings. The van der Waals surface area contributed by atoms with Crippen molar-refractivity contribution in [2.45, 2.75) is 46.5 Å². The van der Waals surface area contributed by atoms with E-state index in [9.17, 15) is 4.79 Å². The fraction of sp³-hybridized carbons (Fsp3) is 0.900. The Labute approximate surface area is 159 Å². The van der Waals surface area contributed by atoms with Gasteiger partial charge in [-0.3, -0.25) is 9.79 Å². The van der Waals surface area contributed by atoms with Gasteiger partial charge in [-0.15, -0.1) is 0 Å². The van der Waals surface area contributed by atoms with E-state index in [1.165, 1.54) is 32.5 Å². The molecule has 150 valence electrons. The van der Waals surface area contributed by atoms with Crippen LogP contribution >= 0.6 is 0 Å². The van der Waals surface area contributed by atoms with Crippen LogP contribution in [0, 0.1) is 17.8 Å². The summed E-state index contributed by atoms with van der Waals surface area (Å²) in [5, 5.41) is 3.59. The monoisotopic (exact) mass is 366 g/mol. The van der Waals surface area contributed by atoms with E-state index in [1.807, 2.05) is 14.0 Å². The molecule has 0 bridgehead atoms. The number of nitrogens with zero attached hydrogens (tertiary/aromatic N) is 3. The highest BCUT2D eigenvalue weighted by Crippen LogP contribution is 2.20. The molecule has 2 saturated heterocycles. The molecule has 6 heteroatoms. The minimum Gasteiger partial charge on any atom is -0.466 e. The maximum absolute atomic E-state index is 11.9. The van der Waals surface area contributed by atoms with Crippen molar-refractivity contribution in [2.24, 2.45) is 22.7 Å². The molecule has 2 heterocycles. The molecular weight excluding hydrogens is 328 g/mol. The SMILES string of the molecule is CCOC(=O)C1CCN(C(=NC)NCC2CCCN(CC(C)C)C2)CC1. The molecule has 2 rings (SSSR count). The number of hydrogen-bond acceptors (Lipinski definition) is 4. The van der Waals surface area contributed by atoms with Crippen molar-refractivity contribution in [3.63, 3.8) is 0 Å². The van der Waals surface area contributed by atoms with Crippen molar-refractivity contribution >= 4 is 11.9 Å². The predicted molar refractivity (Wildman–Crippen MR) is 106 cm³/mol. The highest BCUT2D eigenvalue weighted by Gasteiger charge is 2.28. The minimum absolute atomic E-state index is 0.0393. The lowest BCUT2D eigenvalue weighted by atomic mass is 9.96. The van der Waals surface area contributed by atoms with Crippen LogP contribution in [-0.4, -0.2) is 74.7 Å². The summed E-state index contributed by atoms with van der Waals surface area (Å²) in [5.74, 6) is 2.41. The molecule has 0 saturated carbocycles. The first-order valence-corrected chi connectivity index (χ1v) is 10.4. The lowest BCUT2D eigenvalue weighted by molar-refractivity contribution is -0.149. The van der Waals surface area contributed by atoms with E-state index in [0.29, 0.717) is 12.5 Å². The number of carbonyl (C=O) groups is 1. The van der Waals surface area contributed by atoms with Gasteiger partial charge in [0.15, 0.2) is 5.96 Å². The summed E-state index contributed by atoms with van der Waals surface area (Å²) >= 11 is 0. The average molecular weight is 367 g/mol. The van der Waals surface area contributed by atoms with Gasteiger partial charge in [0.1, 0.15) is 0 Å². The summed E-state index contributed by atoms with van der Waals surface area (Å²) in [6.45, 7) is 13.3. The fourth-order valence-corrected chi connectivity index (χ4v) is 4.16. The van der Waals surface area contributed by atoms with E-state index in [1.54, 1.807) is 0 Å². The predicted octanol–water partition coefficient (Wildman–Crippen LogP) is 2.20. The van der Waals surface area contributed by atoms with Crippen molar-refractivity contribution < 1.29 is 9.53 Å². The largest absolute Gasteiger partial charge is 0.466 e. The van der Waals surface area contributed by atoms with Crippen molar-refractivity contribution in [1.29, 1.82) is 0 Å². The Kier molecular flexibility index (Phi) is 8.69. The van der Waals surface area contributed by atoms with E-state index in [4.69, 9.17) is 4.74 Å². The van der Waals surface area contributed by atoms with Gasteiger partial charge < -0.3 is 19.9 Å². The van der Waals surface area contributed by atoms with Crippen molar-refractivity contribution in [3.05, 3.63) is 0 Å². The molecular formula is C20H38N4O2. The molecule has 1 unspecified atom stereocenters. The van der Waals surface area contributed by atoms with Crippen LogP contribution in [0.25, 0.3) is 0 Å². The number of carbonyl (C=O) groups excluding carboxylic acids is 1. The third-order valence-electron chi connectivity index (χ3n) is 5.40. The number of nitrogens with one attached hydrogen (secondary N) is 1. The smallest absolute Gasteiger partial charge is 0.309 e. The Morgan fingerprint density at radius 1 is 1.23 bits per heavy atom. The minimum atomic E-state index is -0.0393. The van der Waals surface area contributed by atoms with Gasteiger partial charge in [-0.25, -0.2) is 0 Å². The quantitative estimate of drug-likeness (QED) is 0.444. The Bertz CT molecular complexity index is 459. The summed E-state index contributed by atoms with van der Waals surface area (Å²) in [6, 6.07) is 0. The second-order valence-corrected chi connectivity index (χ2v) is 8.10. The number of rotatable bonds is 6. The lowest BCUT2D eigenvalue weighted by Crippen LogP contribution is -2.49. The second-order valence-electron chi connectivity index (χ2n) is 8.10. The summed E-state index contributed by atoms with van der Waals surface area (Å²) in [5.41, 5.74) is 0. The van der Waals surface area contributed by atoms with Gasteiger partial charge in [-0.2, -0.15) is 0 Å². The Morgan fingerprint density at radius 2 is 1.96 bits per heavy atom. The molecule has 2 aliphatic rings. The van der Waals surface area contributed by atoms with Gasteiger partial charge in [-0.05, 0) is 51.0 Å². The molecule has 2 fully saturated rings. The molecule has 0 aromatic carbocycles. The van der Waals surface area contributed by atoms with Crippen LogP contribution in [0.4, 0.5) is 0 Å². The number of ether oxygens (including phenoxy) is 1. The number of hydrogen-bond donors (Lipinski definition) is 1. The maximum Gasteiger partial charge on any atom is 0.309 e. The van der Waals surface area contributed by atoms with Crippen molar-refractivity contribution in [1.82, 2.24) is 15.1 Å². The van der Waals surface area contributed by atoms with Crippen molar-refractivity contribution in [3.8, 4) is 0 Å². The highest BCUT2D eigenvalue weighted by molar-refractivity contribution is 5.80. The highest BCUT2D eigenvalue weighted by atomic mass is 16.5. The van der Waals surface area contributed by atoms with Crippen LogP contribution in [0.15, 0.2) is 4.99 Å². The van der Waals surface area contributed by atoms with Crippen molar-refractivity contribution in [2.75, 3.05) is 52.9 Å². The zero-order valence-electron chi connectivity index (χ0n) is 17.2. The van der Waals surface area contributed by atoms with E-state index in [2.05, 4.69) is 34.0 Å². The maximum atomic E-state index is 11.9. The van der Waals surface area contributed by atoms with Gasteiger partial charge in [0.2, 0.25) is 0 Å². The molecule has 26 heavy (non-hydrogen) atoms. The first-order chi connectivity index (χ1) is 12.5. The molecule has 1 atom stereocenters. The first kappa shape index (κ1) is 21.0. The van der Waals surface area contributed by atoms with E-state index >= 15 is 0 Å². The average Bonchev–Trinajstić information content (AvgIpc) is 2.63. The Hall–Kier alpha value is -1.30. The molecule has 0 radical (unpaired) electrons. The molecule has 2 aliphatic heterocycles. The zero-order chi connectivity index (χ0) is 18.9. The number of guanidine groups is 1. The van der Waals surface area contributed by atoms with Crippen LogP contribution in [0.3, 0.4) is 0 Å². The summed E-state index contributed by atoms with van der Waals surface area (Å²) < 4.78 is 5.16. The summed E-state index contributed by atoms with van der Waals surface area (Å²) in [4.78, 5) is 21.3. The fourth-order valence-electron chi connectivity index (χ4n) is 4.16. The molecule has 1 N–H and O–H groups in total. The van der Waals surface area contributed by atoms with Crippen LogP contribution in [-0.2, 0) is 9.53 Å². The normalized spacial score (nSPS) is 23.3. The number of likely N-dealkylation sites (tertiary alicyclic amines) is 2. The second kappa shape index (κ2) is 10.8. The molecule has 0 aromatic heterocycles. The van der Waals surface area contributed by atoms with Crippen LogP contribution in [0.1, 0.15) is 46.5 Å². The lowest BCUT2D eigenvalue weighted by Gasteiger charge is -2.36. The van der Waals surface area contributed by atoms with Gasteiger partial charge in [0.05, 0.1) is 12.5 Å². The van der Waals surface area contributed by atoms with E-state index in [-0.39, 0.29) is 11.9 Å². The Morgan fingerprint density at radius 3 is 2.58 bits per heavy atom. The number of aliphatic imine (C=N–C) groups is 1. The first-order valence-electron chi connectivity index (χ1n) is 10.4. The molecule has 0 amide bonds. The molecule has 6 nitrogen and oxygen atoms in total. The molecule has 0 aliphatic carbocycles. The van der Waals surface area contributed by atoms with Crippen LogP contribution < -0.4 is 5.32 Å². The topological polar surface area (TPSA) is 57.2 Å². The standard InChI is InChI=1S/C20H38N4O2/c1-5-26-19(25)18-8-11-24(12-9-18)20(21-4)22-13-17-7-6-10-23(15-17)14-16(2)3/h16-18H,5-15H2,1-4H3,(H,21,22). The van der Waals surface area contributed by atoms with Crippen LogP contribution in [0.5, 0.6) is 0 Å². The third kappa shape index (κ3) is 6.45. The van der Waals surface area contributed by atoms with Gasteiger partial charge in [0, 0.05) is 39.8 Å². The summed E-state index contributed by atoms with van der Waals surface area (Å²) in [6.07, 6.45) is 4.29. The van der Waals surface area contributed by atoms with E-state index < -0.39 is 0 Å². The van der Waals surface area contributed by atoms with E-state index in [0.717, 1.165) is 44.4 Å². The number of esters is 1. The zero-order valence-corrected chi connectivity index (χ0v) is 17.2. The summed E-state index contributed by atoms with van der Waals surface area (Å²) in [7, 11) is 1.85. The third-order valence-corrected chi connectivity index (χ3v) is 5.40. The van der Waals surface area contributed by atoms with Gasteiger partial charge in [-0.1, -0.05) is 13.8 Å². The van der Waals surface area contributed by atoms with Gasteiger partial charge in [0.25, 0.3) is 0 Å². The van der Waals surface area contributed by atoms with Crippen LogP contribution in [0.2, 0.25) is 0 Å². The van der Waals surface area contributed by atoms with Gasteiger partial charge >= 0.3 is 5.97 Å². The molecule has 0 spiro atoms.